The molecule has 1 saturated heterocycles. The summed E-state index contributed by atoms with van der Waals surface area (Å²) in [5.41, 5.74) is -0.321. The quantitative estimate of drug-likeness (QED) is 0.732. The van der Waals surface area contributed by atoms with E-state index in [1.54, 1.807) is 10.9 Å². The van der Waals surface area contributed by atoms with Gasteiger partial charge < -0.3 is 15.2 Å². The second-order valence-corrected chi connectivity index (χ2v) is 10.2. The molecule has 2 heterocycles. The zero-order valence-electron chi connectivity index (χ0n) is 16.5. The van der Waals surface area contributed by atoms with Crippen molar-refractivity contribution >= 4 is 23.3 Å². The fourth-order valence-electron chi connectivity index (χ4n) is 7.10. The fraction of sp³-hybridized carbons (Fsp3) is 0.762. The van der Waals surface area contributed by atoms with Crippen LogP contribution in [0, 0.1) is 17.3 Å². The SMILES string of the molecule is O=C(O)CC12C[C@H]3C[C@@H](C1)CC(n1ncc(NC[C@@H]4CCCO4)c(Cl)c1=O)(C3)C2. The normalized spacial score (nSPS) is 37.8. The van der Waals surface area contributed by atoms with Crippen molar-refractivity contribution < 1.29 is 14.6 Å². The summed E-state index contributed by atoms with van der Waals surface area (Å²) in [5, 5.41) is 17.4. The molecule has 6 rings (SSSR count). The van der Waals surface area contributed by atoms with Gasteiger partial charge in [-0.05, 0) is 68.6 Å². The number of aliphatic carboxylic acids is 1. The highest BCUT2D eigenvalue weighted by Gasteiger charge is 2.59. The van der Waals surface area contributed by atoms with Gasteiger partial charge in [-0.3, -0.25) is 9.59 Å². The molecule has 5 fully saturated rings. The number of aromatic nitrogens is 2. The number of rotatable bonds is 6. The van der Waals surface area contributed by atoms with Crippen molar-refractivity contribution in [2.45, 2.75) is 69.4 Å². The molecule has 2 N–H and O–H groups in total. The molecule has 4 saturated carbocycles. The number of ether oxygens (including phenoxy) is 1. The summed E-state index contributed by atoms with van der Waals surface area (Å²) >= 11 is 6.47. The van der Waals surface area contributed by atoms with E-state index in [-0.39, 0.29) is 28.5 Å². The van der Waals surface area contributed by atoms with Crippen molar-refractivity contribution in [3.05, 3.63) is 21.6 Å². The van der Waals surface area contributed by atoms with Crippen LogP contribution in [0.3, 0.4) is 0 Å². The lowest BCUT2D eigenvalue weighted by Gasteiger charge is -2.61. The number of halogens is 1. The number of carboxylic acids is 1. The maximum Gasteiger partial charge on any atom is 0.303 e. The van der Waals surface area contributed by atoms with Crippen LogP contribution in [0.15, 0.2) is 11.0 Å². The number of nitrogens with zero attached hydrogens (tertiary/aromatic N) is 2. The Morgan fingerprint density at radius 1 is 1.34 bits per heavy atom. The van der Waals surface area contributed by atoms with Crippen molar-refractivity contribution in [1.82, 2.24) is 9.78 Å². The van der Waals surface area contributed by atoms with Crippen molar-refractivity contribution in [2.24, 2.45) is 17.3 Å². The summed E-state index contributed by atoms with van der Waals surface area (Å²) in [4.78, 5) is 24.8. The summed E-state index contributed by atoms with van der Waals surface area (Å²) in [6.45, 7) is 1.39. The monoisotopic (exact) mass is 421 g/mol. The molecule has 1 aromatic heterocycles. The van der Waals surface area contributed by atoms with Gasteiger partial charge in [0.1, 0.15) is 5.02 Å². The molecule has 1 aromatic rings. The summed E-state index contributed by atoms with van der Waals surface area (Å²) in [6, 6.07) is 0. The molecular weight excluding hydrogens is 394 g/mol. The average Bonchev–Trinajstić information content (AvgIpc) is 3.14. The van der Waals surface area contributed by atoms with Gasteiger partial charge in [0.25, 0.3) is 5.56 Å². The van der Waals surface area contributed by atoms with E-state index in [4.69, 9.17) is 16.3 Å². The minimum Gasteiger partial charge on any atom is -0.481 e. The van der Waals surface area contributed by atoms with Crippen LogP contribution in [0.2, 0.25) is 5.02 Å². The lowest BCUT2D eigenvalue weighted by Crippen LogP contribution is -2.59. The summed E-state index contributed by atoms with van der Waals surface area (Å²) in [7, 11) is 0. The molecule has 5 aliphatic rings. The van der Waals surface area contributed by atoms with Gasteiger partial charge in [-0.2, -0.15) is 5.10 Å². The minimum absolute atomic E-state index is 0.146. The highest BCUT2D eigenvalue weighted by atomic mass is 35.5. The third kappa shape index (κ3) is 3.36. The standard InChI is InChI=1S/C21H28ClN3O4/c22-18-16(23-10-15-2-1-3-29-15)11-24-25(19(18)28)21-7-13-4-14(8-21)6-20(5-13,12-21)9-17(26)27/h11,13-15,23H,1-10,12H2,(H,26,27)/t13-,14+,15-,20?,21?/m0/s1. The van der Waals surface area contributed by atoms with E-state index in [9.17, 15) is 14.7 Å². The first kappa shape index (κ1) is 19.4. The molecule has 5 atom stereocenters. The first-order chi connectivity index (χ1) is 13.9. The highest BCUT2D eigenvalue weighted by Crippen LogP contribution is 2.65. The number of hydrogen-bond donors (Lipinski definition) is 2. The van der Waals surface area contributed by atoms with E-state index in [2.05, 4.69) is 10.4 Å². The molecule has 0 amide bonds. The fourth-order valence-corrected chi connectivity index (χ4v) is 7.30. The Morgan fingerprint density at radius 2 is 2.10 bits per heavy atom. The molecule has 1 aliphatic heterocycles. The Hall–Kier alpha value is -1.60. The topological polar surface area (TPSA) is 93.4 Å². The van der Waals surface area contributed by atoms with Gasteiger partial charge in [0, 0.05) is 13.2 Å². The van der Waals surface area contributed by atoms with Crippen LogP contribution in [-0.2, 0) is 15.1 Å². The summed E-state index contributed by atoms with van der Waals surface area (Å²) in [6.07, 6.45) is 9.63. The van der Waals surface area contributed by atoms with Crippen LogP contribution < -0.4 is 10.9 Å². The van der Waals surface area contributed by atoms with E-state index in [1.165, 1.54) is 0 Å². The summed E-state index contributed by atoms with van der Waals surface area (Å²) in [5.74, 6) is 0.204. The first-order valence-electron chi connectivity index (χ1n) is 10.7. The Kier molecular flexibility index (Phi) is 4.66. The Morgan fingerprint density at radius 3 is 2.76 bits per heavy atom. The van der Waals surface area contributed by atoms with E-state index < -0.39 is 11.5 Å². The Bertz CT molecular complexity index is 865. The van der Waals surface area contributed by atoms with E-state index >= 15 is 0 Å². The molecule has 7 nitrogen and oxygen atoms in total. The minimum atomic E-state index is -0.742. The van der Waals surface area contributed by atoms with Crippen molar-refractivity contribution in [3.63, 3.8) is 0 Å². The molecule has 29 heavy (non-hydrogen) atoms. The molecule has 158 valence electrons. The Labute approximate surface area is 174 Å². The smallest absolute Gasteiger partial charge is 0.303 e. The maximum atomic E-state index is 13.2. The van der Waals surface area contributed by atoms with Gasteiger partial charge in [-0.25, -0.2) is 4.68 Å². The van der Waals surface area contributed by atoms with Crippen LogP contribution in [0.5, 0.6) is 0 Å². The molecule has 0 radical (unpaired) electrons. The van der Waals surface area contributed by atoms with Gasteiger partial charge in [-0.15, -0.1) is 0 Å². The van der Waals surface area contributed by atoms with Crippen LogP contribution in [0.25, 0.3) is 0 Å². The van der Waals surface area contributed by atoms with Gasteiger partial charge in [0.15, 0.2) is 0 Å². The number of nitrogens with one attached hydrogen (secondary N) is 1. The van der Waals surface area contributed by atoms with Gasteiger partial charge in [0.05, 0.1) is 29.9 Å². The first-order valence-corrected chi connectivity index (χ1v) is 11.1. The molecular formula is C21H28ClN3O4. The lowest BCUT2D eigenvalue weighted by atomic mass is 9.46. The number of anilines is 1. The van der Waals surface area contributed by atoms with Gasteiger partial charge in [-0.1, -0.05) is 11.6 Å². The van der Waals surface area contributed by atoms with Crippen LogP contribution in [0.1, 0.15) is 57.8 Å². The lowest BCUT2D eigenvalue weighted by molar-refractivity contribution is -0.151. The third-order valence-electron chi connectivity index (χ3n) is 7.59. The Balaban J connectivity index is 1.43. The molecule has 8 heteroatoms. The molecule has 0 aromatic carbocycles. The highest BCUT2D eigenvalue weighted by molar-refractivity contribution is 6.32. The van der Waals surface area contributed by atoms with Crippen molar-refractivity contribution in [2.75, 3.05) is 18.5 Å². The van der Waals surface area contributed by atoms with Crippen molar-refractivity contribution in [3.8, 4) is 0 Å². The van der Waals surface area contributed by atoms with Crippen molar-refractivity contribution in [1.29, 1.82) is 0 Å². The average molecular weight is 422 g/mol. The molecule has 0 spiro atoms. The predicted octanol–water partition coefficient (Wildman–Crippen LogP) is 3.26. The number of hydrogen-bond acceptors (Lipinski definition) is 5. The molecule has 2 unspecified atom stereocenters. The predicted molar refractivity (Wildman–Crippen MR) is 108 cm³/mol. The van der Waals surface area contributed by atoms with Gasteiger partial charge >= 0.3 is 5.97 Å². The van der Waals surface area contributed by atoms with E-state index in [0.717, 1.165) is 51.6 Å². The van der Waals surface area contributed by atoms with E-state index in [1.807, 2.05) is 0 Å². The largest absolute Gasteiger partial charge is 0.481 e. The third-order valence-corrected chi connectivity index (χ3v) is 7.96. The number of carboxylic acid groups (broad SMARTS) is 1. The van der Waals surface area contributed by atoms with Crippen LogP contribution in [0.4, 0.5) is 5.69 Å². The van der Waals surface area contributed by atoms with E-state index in [0.29, 0.717) is 30.5 Å². The van der Waals surface area contributed by atoms with Crippen LogP contribution in [-0.4, -0.2) is 40.1 Å². The van der Waals surface area contributed by atoms with Crippen LogP contribution >= 0.6 is 11.6 Å². The second kappa shape index (κ2) is 6.98. The van der Waals surface area contributed by atoms with Gasteiger partial charge in [0.2, 0.25) is 0 Å². The molecule has 4 aliphatic carbocycles. The summed E-state index contributed by atoms with van der Waals surface area (Å²) < 4.78 is 7.22. The number of carbonyl (C=O) groups is 1. The zero-order chi connectivity index (χ0) is 20.2. The second-order valence-electron chi connectivity index (χ2n) is 9.86. The maximum absolute atomic E-state index is 13.2. The zero-order valence-corrected chi connectivity index (χ0v) is 17.3. The molecule has 4 bridgehead atoms.